The zero-order chi connectivity index (χ0) is 7.98. The number of thiocarbonyl (C=S) groups is 1. The third-order valence-corrected chi connectivity index (χ3v) is 1.32. The number of nitrogens with zero attached hydrogens (tertiary/aromatic N) is 2. The average molecular weight is 159 g/mol. The first kappa shape index (κ1) is 9.36. The summed E-state index contributed by atoms with van der Waals surface area (Å²) in [6, 6.07) is 0. The van der Waals surface area contributed by atoms with Crippen molar-refractivity contribution in [3.05, 3.63) is 0 Å². The van der Waals surface area contributed by atoms with Crippen LogP contribution in [0.4, 0.5) is 0 Å². The second-order valence-corrected chi connectivity index (χ2v) is 2.12. The monoisotopic (exact) mass is 159 g/mol. The van der Waals surface area contributed by atoms with E-state index in [-0.39, 0.29) is 0 Å². The van der Waals surface area contributed by atoms with Crippen LogP contribution in [0, 0.1) is 0 Å². The van der Waals surface area contributed by atoms with E-state index < -0.39 is 0 Å². The molecule has 0 fully saturated rings. The number of hydrogen-bond acceptors (Lipinski definition) is 2. The molecule has 0 aromatic rings. The van der Waals surface area contributed by atoms with Crippen molar-refractivity contribution >= 4 is 23.5 Å². The van der Waals surface area contributed by atoms with E-state index in [1.54, 1.807) is 11.2 Å². The third-order valence-electron chi connectivity index (χ3n) is 0.911. The molecule has 0 heterocycles. The Balaban J connectivity index is 3.70. The fourth-order valence-corrected chi connectivity index (χ4v) is 0.683. The minimum Gasteiger partial charge on any atom is -0.361 e. The molecule has 0 bridgehead atoms. The highest BCUT2D eigenvalue weighted by molar-refractivity contribution is 7.80. The second kappa shape index (κ2) is 5.17. The Kier molecular flexibility index (Phi) is 4.84. The summed E-state index contributed by atoms with van der Waals surface area (Å²) < 4.78 is 0. The Labute approximate surface area is 67.1 Å². The molecule has 0 aromatic heterocycles. The van der Waals surface area contributed by atoms with Crippen molar-refractivity contribution in [1.82, 2.24) is 10.3 Å². The Morgan fingerprint density at radius 1 is 1.80 bits per heavy atom. The highest BCUT2D eigenvalue weighted by atomic mass is 32.1. The van der Waals surface area contributed by atoms with Gasteiger partial charge in [0.2, 0.25) is 0 Å². The quantitative estimate of drug-likeness (QED) is 0.367. The molecule has 0 rings (SSSR count). The molecule has 0 amide bonds. The molecule has 3 nitrogen and oxygen atoms in total. The van der Waals surface area contributed by atoms with Crippen LogP contribution >= 0.6 is 12.2 Å². The molecule has 0 aliphatic carbocycles. The van der Waals surface area contributed by atoms with E-state index in [1.807, 2.05) is 20.9 Å². The fourth-order valence-electron chi connectivity index (χ4n) is 0.491. The summed E-state index contributed by atoms with van der Waals surface area (Å²) in [6.45, 7) is 4.68. The van der Waals surface area contributed by atoms with E-state index in [0.717, 1.165) is 6.54 Å². The predicted molar refractivity (Wildman–Crippen MR) is 48.2 cm³/mol. The summed E-state index contributed by atoms with van der Waals surface area (Å²) >= 11 is 4.94. The molecule has 0 saturated heterocycles. The van der Waals surface area contributed by atoms with Crippen LogP contribution < -0.4 is 5.32 Å². The van der Waals surface area contributed by atoms with Gasteiger partial charge in [0, 0.05) is 19.8 Å². The van der Waals surface area contributed by atoms with E-state index in [9.17, 15) is 0 Å². The summed E-state index contributed by atoms with van der Waals surface area (Å²) in [5, 5.41) is 9.20. The molecule has 0 aromatic carbocycles. The van der Waals surface area contributed by atoms with Gasteiger partial charge in [0.1, 0.15) is 0 Å². The maximum atomic E-state index is 4.94. The molecule has 0 atom stereocenters. The van der Waals surface area contributed by atoms with Crippen LogP contribution in [0.15, 0.2) is 5.10 Å². The predicted octanol–water partition coefficient (Wildman–Crippen LogP) is 0.818. The molecule has 10 heavy (non-hydrogen) atoms. The van der Waals surface area contributed by atoms with Crippen molar-refractivity contribution in [2.45, 2.75) is 13.8 Å². The first-order valence-electron chi connectivity index (χ1n) is 3.22. The Morgan fingerprint density at radius 3 is 2.80 bits per heavy atom. The number of hydrazone groups is 1. The van der Waals surface area contributed by atoms with Gasteiger partial charge in [-0.05, 0) is 26.1 Å². The van der Waals surface area contributed by atoms with Gasteiger partial charge in [-0.3, -0.25) is 0 Å². The van der Waals surface area contributed by atoms with Crippen molar-refractivity contribution in [3.63, 3.8) is 0 Å². The largest absolute Gasteiger partial charge is 0.361 e. The van der Waals surface area contributed by atoms with E-state index in [1.165, 1.54) is 0 Å². The van der Waals surface area contributed by atoms with Crippen molar-refractivity contribution in [1.29, 1.82) is 0 Å². The van der Waals surface area contributed by atoms with Gasteiger partial charge >= 0.3 is 0 Å². The zero-order valence-corrected chi connectivity index (χ0v) is 7.40. The lowest BCUT2D eigenvalue weighted by Gasteiger charge is -2.13. The third kappa shape index (κ3) is 3.40. The highest BCUT2D eigenvalue weighted by Gasteiger charge is 1.96. The average Bonchev–Trinajstić information content (AvgIpc) is 1.89. The lowest BCUT2D eigenvalue weighted by atomic mass is 10.7. The molecular weight excluding hydrogens is 146 g/mol. The second-order valence-electron chi connectivity index (χ2n) is 1.73. The minimum absolute atomic E-state index is 0.653. The lowest BCUT2D eigenvalue weighted by Crippen LogP contribution is -2.33. The Bertz CT molecular complexity index is 133. The topological polar surface area (TPSA) is 27.6 Å². The van der Waals surface area contributed by atoms with Gasteiger partial charge in [-0.15, -0.1) is 0 Å². The van der Waals surface area contributed by atoms with Crippen LogP contribution in [-0.4, -0.2) is 29.9 Å². The van der Waals surface area contributed by atoms with Crippen molar-refractivity contribution in [2.24, 2.45) is 5.10 Å². The maximum absolute atomic E-state index is 4.94. The van der Waals surface area contributed by atoms with Gasteiger partial charge in [0.25, 0.3) is 0 Å². The Hall–Kier alpha value is -0.640. The van der Waals surface area contributed by atoms with Crippen molar-refractivity contribution in [2.75, 3.05) is 13.6 Å². The van der Waals surface area contributed by atoms with Gasteiger partial charge in [-0.25, -0.2) is 5.01 Å². The first-order chi connectivity index (χ1) is 4.72. The molecule has 0 radical (unpaired) electrons. The molecule has 0 aliphatic heterocycles. The summed E-state index contributed by atoms with van der Waals surface area (Å²) in [6.07, 6.45) is 1.70. The van der Waals surface area contributed by atoms with Crippen molar-refractivity contribution < 1.29 is 0 Å². The lowest BCUT2D eigenvalue weighted by molar-refractivity contribution is 0.534. The number of nitrogens with one attached hydrogen (secondary N) is 1. The number of hydrogen-bond donors (Lipinski definition) is 1. The summed E-state index contributed by atoms with van der Waals surface area (Å²) in [5.74, 6) is 0. The van der Waals surface area contributed by atoms with Crippen LogP contribution in [0.5, 0.6) is 0 Å². The number of rotatable bonds is 2. The molecule has 0 aliphatic rings. The summed E-state index contributed by atoms with van der Waals surface area (Å²) in [4.78, 5) is 0. The molecule has 1 N–H and O–H groups in total. The SMILES string of the molecule is CC=NN(C)C(=S)NCC. The van der Waals surface area contributed by atoms with Crippen LogP contribution in [-0.2, 0) is 0 Å². The summed E-state index contributed by atoms with van der Waals surface area (Å²) in [5.41, 5.74) is 0. The van der Waals surface area contributed by atoms with Crippen LogP contribution in [0.25, 0.3) is 0 Å². The molecule has 0 unspecified atom stereocenters. The molecule has 58 valence electrons. The van der Waals surface area contributed by atoms with Crippen LogP contribution in [0.3, 0.4) is 0 Å². The Morgan fingerprint density at radius 2 is 2.40 bits per heavy atom. The van der Waals surface area contributed by atoms with Crippen LogP contribution in [0.2, 0.25) is 0 Å². The van der Waals surface area contributed by atoms with E-state index >= 15 is 0 Å². The van der Waals surface area contributed by atoms with E-state index in [4.69, 9.17) is 12.2 Å². The van der Waals surface area contributed by atoms with Gasteiger partial charge in [-0.2, -0.15) is 5.10 Å². The fraction of sp³-hybridized carbons (Fsp3) is 0.667. The minimum atomic E-state index is 0.653. The smallest absolute Gasteiger partial charge is 0.189 e. The van der Waals surface area contributed by atoms with Gasteiger partial charge in [0.15, 0.2) is 5.11 Å². The molecule has 4 heteroatoms. The highest BCUT2D eigenvalue weighted by Crippen LogP contribution is 1.83. The van der Waals surface area contributed by atoms with Gasteiger partial charge in [0.05, 0.1) is 0 Å². The van der Waals surface area contributed by atoms with Gasteiger partial charge < -0.3 is 5.32 Å². The van der Waals surface area contributed by atoms with Gasteiger partial charge in [-0.1, -0.05) is 0 Å². The molecule has 0 spiro atoms. The molecule has 0 saturated carbocycles. The van der Waals surface area contributed by atoms with E-state index in [0.29, 0.717) is 5.11 Å². The summed E-state index contributed by atoms with van der Waals surface area (Å²) in [7, 11) is 1.81. The van der Waals surface area contributed by atoms with Crippen LogP contribution in [0.1, 0.15) is 13.8 Å². The van der Waals surface area contributed by atoms with Crippen molar-refractivity contribution in [3.8, 4) is 0 Å². The molecular formula is C6H13N3S. The zero-order valence-electron chi connectivity index (χ0n) is 6.59. The maximum Gasteiger partial charge on any atom is 0.189 e. The standard InChI is InChI=1S/C6H13N3S/c1-4-7-6(10)9(3)8-5-2/h5H,4H2,1-3H3,(H,7,10). The normalized spacial score (nSPS) is 9.90. The first-order valence-corrected chi connectivity index (χ1v) is 3.63. The van der Waals surface area contributed by atoms with E-state index in [2.05, 4.69) is 10.4 Å².